The number of anilines is 1. The topological polar surface area (TPSA) is 107 Å². The maximum absolute atomic E-state index is 13.4. The Kier molecular flexibility index (Phi) is 5.26. The van der Waals surface area contributed by atoms with E-state index in [1.165, 1.54) is 0 Å². The molecule has 0 heterocycles. The summed E-state index contributed by atoms with van der Waals surface area (Å²) in [5.74, 6) is -2.25. The molecule has 1 aliphatic carbocycles. The molecule has 0 aromatic heterocycles. The number of amides is 1. The highest BCUT2D eigenvalue weighted by Gasteiger charge is 2.50. The molecule has 27 heavy (non-hydrogen) atoms. The van der Waals surface area contributed by atoms with Crippen LogP contribution in [0.15, 0.2) is 54.6 Å². The number of aliphatic carboxylic acids is 1. The highest BCUT2D eigenvalue weighted by molar-refractivity contribution is 6.22. The maximum atomic E-state index is 13.4. The third-order valence-electron chi connectivity index (χ3n) is 5.20. The number of para-hydroxylation sites is 1. The van der Waals surface area contributed by atoms with Crippen molar-refractivity contribution >= 4 is 23.5 Å². The Hall–Kier alpha value is -3.15. The second kappa shape index (κ2) is 7.61. The molecule has 1 saturated carbocycles. The predicted octanol–water partition coefficient (Wildman–Crippen LogP) is 3.62. The Bertz CT molecular complexity index is 858. The van der Waals surface area contributed by atoms with Crippen LogP contribution in [0.3, 0.4) is 0 Å². The zero-order valence-electron chi connectivity index (χ0n) is 15.0. The van der Waals surface area contributed by atoms with E-state index in [-0.39, 0.29) is 12.8 Å². The average Bonchev–Trinajstić information content (AvgIpc) is 2.69. The number of benzene rings is 2. The number of carbonyl (C=O) groups excluding carboxylic acids is 1. The summed E-state index contributed by atoms with van der Waals surface area (Å²) >= 11 is 0. The van der Waals surface area contributed by atoms with E-state index in [2.05, 4.69) is 0 Å². The summed E-state index contributed by atoms with van der Waals surface area (Å²) in [7, 11) is 0. The molecule has 6 nitrogen and oxygen atoms in total. The number of carboxylic acids is 1. The largest absolute Gasteiger partial charge is 0.480 e. The van der Waals surface area contributed by atoms with Crippen molar-refractivity contribution in [2.45, 2.75) is 32.1 Å². The molecule has 0 saturated heterocycles. The molecule has 3 rings (SSSR count). The number of carboxylic acid groups (broad SMARTS) is 1. The van der Waals surface area contributed by atoms with Gasteiger partial charge in [-0.2, -0.15) is 0 Å². The Morgan fingerprint density at radius 1 is 0.963 bits per heavy atom. The molecule has 2 aromatic rings. The van der Waals surface area contributed by atoms with E-state index >= 15 is 0 Å². The molecular formula is C21H23N3O3. The van der Waals surface area contributed by atoms with Gasteiger partial charge in [-0.1, -0.05) is 67.8 Å². The molecule has 6 heteroatoms. The van der Waals surface area contributed by atoms with E-state index < -0.39 is 23.3 Å². The third-order valence-corrected chi connectivity index (χ3v) is 5.20. The summed E-state index contributed by atoms with van der Waals surface area (Å²) in [5.41, 5.74) is 6.25. The van der Waals surface area contributed by atoms with Crippen LogP contribution in [0.1, 0.15) is 32.1 Å². The molecular weight excluding hydrogens is 342 g/mol. The van der Waals surface area contributed by atoms with Gasteiger partial charge >= 0.3 is 5.97 Å². The van der Waals surface area contributed by atoms with Crippen LogP contribution >= 0.6 is 0 Å². The van der Waals surface area contributed by atoms with Gasteiger partial charge in [-0.25, -0.2) is 4.90 Å². The van der Waals surface area contributed by atoms with Gasteiger partial charge < -0.3 is 10.8 Å². The molecule has 1 amide bonds. The zero-order chi connectivity index (χ0) is 19.4. The summed E-state index contributed by atoms with van der Waals surface area (Å²) in [4.78, 5) is 26.5. The molecule has 4 N–H and O–H groups in total. The fourth-order valence-corrected chi connectivity index (χ4v) is 3.77. The van der Waals surface area contributed by atoms with Gasteiger partial charge in [0.05, 0.1) is 5.69 Å². The fourth-order valence-electron chi connectivity index (χ4n) is 3.77. The number of nitrogens with zero attached hydrogens (tertiary/aromatic N) is 1. The van der Waals surface area contributed by atoms with Gasteiger partial charge in [0.15, 0.2) is 5.96 Å². The smallest absolute Gasteiger partial charge is 0.319 e. The highest BCUT2D eigenvalue weighted by Crippen LogP contribution is 2.41. The maximum Gasteiger partial charge on any atom is 0.319 e. The number of nitrogens with two attached hydrogens (primary N) is 1. The van der Waals surface area contributed by atoms with Gasteiger partial charge in [0, 0.05) is 5.56 Å². The lowest BCUT2D eigenvalue weighted by Gasteiger charge is -2.36. The second-order valence-corrected chi connectivity index (χ2v) is 6.86. The van der Waals surface area contributed by atoms with Crippen LogP contribution in [0.2, 0.25) is 0 Å². The Balaban J connectivity index is 2.11. The van der Waals surface area contributed by atoms with Crippen LogP contribution in [0.5, 0.6) is 0 Å². The van der Waals surface area contributed by atoms with Gasteiger partial charge in [-0.05, 0) is 24.5 Å². The number of hydrogen-bond acceptors (Lipinski definition) is 3. The molecule has 0 radical (unpaired) electrons. The van der Waals surface area contributed by atoms with Crippen LogP contribution in [-0.4, -0.2) is 22.9 Å². The normalized spacial score (nSPS) is 15.7. The van der Waals surface area contributed by atoms with Crippen LogP contribution < -0.4 is 10.6 Å². The third kappa shape index (κ3) is 3.43. The van der Waals surface area contributed by atoms with Crippen molar-refractivity contribution in [3.8, 4) is 11.1 Å². The van der Waals surface area contributed by atoms with Crippen molar-refractivity contribution in [2.75, 3.05) is 4.90 Å². The van der Waals surface area contributed by atoms with Gasteiger partial charge in [-0.3, -0.25) is 15.0 Å². The first-order valence-electron chi connectivity index (χ1n) is 9.04. The van der Waals surface area contributed by atoms with Gasteiger partial charge in [0.2, 0.25) is 0 Å². The van der Waals surface area contributed by atoms with Crippen molar-refractivity contribution in [3.05, 3.63) is 54.6 Å². The molecule has 0 unspecified atom stereocenters. The molecule has 0 spiro atoms. The van der Waals surface area contributed by atoms with E-state index in [9.17, 15) is 14.7 Å². The van der Waals surface area contributed by atoms with Crippen LogP contribution in [0.4, 0.5) is 5.69 Å². The van der Waals surface area contributed by atoms with E-state index in [4.69, 9.17) is 11.1 Å². The highest BCUT2D eigenvalue weighted by atomic mass is 16.4. The minimum Gasteiger partial charge on any atom is -0.480 e. The Morgan fingerprint density at radius 3 is 2.15 bits per heavy atom. The monoisotopic (exact) mass is 365 g/mol. The average molecular weight is 365 g/mol. The van der Waals surface area contributed by atoms with Crippen molar-refractivity contribution in [3.63, 3.8) is 0 Å². The molecule has 2 aromatic carbocycles. The van der Waals surface area contributed by atoms with Crippen molar-refractivity contribution in [1.29, 1.82) is 5.41 Å². The first-order chi connectivity index (χ1) is 13.0. The first kappa shape index (κ1) is 18.6. The number of hydrogen-bond donors (Lipinski definition) is 3. The van der Waals surface area contributed by atoms with E-state index in [1.807, 2.05) is 42.5 Å². The summed E-state index contributed by atoms with van der Waals surface area (Å²) < 4.78 is 0. The predicted molar refractivity (Wildman–Crippen MR) is 104 cm³/mol. The Morgan fingerprint density at radius 2 is 1.56 bits per heavy atom. The van der Waals surface area contributed by atoms with E-state index in [0.29, 0.717) is 18.5 Å². The minimum atomic E-state index is -1.53. The standard InChI is InChI=1S/C21H23N3O3/c22-20(23)24(18(25)21(19(26)27)13-7-2-8-14-21)17-12-6-5-11-16(17)15-9-3-1-4-10-15/h1,3-6,9-12H,2,7-8,13-14H2,(H3,22,23)(H,26,27). The Labute approximate surface area is 158 Å². The van der Waals surface area contributed by atoms with Gasteiger partial charge in [0.25, 0.3) is 5.91 Å². The quantitative estimate of drug-likeness (QED) is 0.437. The molecule has 0 bridgehead atoms. The number of carbonyl (C=O) groups is 2. The van der Waals surface area contributed by atoms with Crippen LogP contribution in [-0.2, 0) is 9.59 Å². The van der Waals surface area contributed by atoms with E-state index in [1.54, 1.807) is 12.1 Å². The molecule has 140 valence electrons. The van der Waals surface area contributed by atoms with Crippen molar-refractivity contribution < 1.29 is 14.7 Å². The van der Waals surface area contributed by atoms with Crippen molar-refractivity contribution in [1.82, 2.24) is 0 Å². The summed E-state index contributed by atoms with van der Waals surface area (Å²) in [6.45, 7) is 0. The molecule has 0 aliphatic heterocycles. The molecule has 1 fully saturated rings. The number of nitrogens with one attached hydrogen (secondary N) is 1. The summed E-state index contributed by atoms with van der Waals surface area (Å²) in [6.07, 6.45) is 2.77. The molecule has 1 aliphatic rings. The lowest BCUT2D eigenvalue weighted by atomic mass is 9.73. The number of guanidine groups is 1. The lowest BCUT2D eigenvalue weighted by Crippen LogP contribution is -2.54. The molecule has 0 atom stereocenters. The SMILES string of the molecule is N=C(N)N(C(=O)C1(C(=O)O)CCCCC1)c1ccccc1-c1ccccc1. The first-order valence-corrected chi connectivity index (χ1v) is 9.04. The van der Waals surface area contributed by atoms with Crippen molar-refractivity contribution in [2.24, 2.45) is 11.1 Å². The summed E-state index contributed by atoms with van der Waals surface area (Å²) in [6, 6.07) is 16.6. The lowest BCUT2D eigenvalue weighted by molar-refractivity contribution is -0.156. The van der Waals surface area contributed by atoms with Gasteiger partial charge in [0.1, 0.15) is 5.41 Å². The van der Waals surface area contributed by atoms with E-state index in [0.717, 1.165) is 22.4 Å². The minimum absolute atomic E-state index is 0.262. The van der Waals surface area contributed by atoms with Crippen LogP contribution in [0, 0.1) is 10.8 Å². The summed E-state index contributed by atoms with van der Waals surface area (Å²) in [5, 5.41) is 17.9. The second-order valence-electron chi connectivity index (χ2n) is 6.86. The van der Waals surface area contributed by atoms with Crippen LogP contribution in [0.25, 0.3) is 11.1 Å². The number of rotatable bonds is 4. The van der Waals surface area contributed by atoms with Gasteiger partial charge in [-0.15, -0.1) is 0 Å². The fraction of sp³-hybridized carbons (Fsp3) is 0.286. The zero-order valence-corrected chi connectivity index (χ0v) is 15.0.